The van der Waals surface area contributed by atoms with Gasteiger partial charge in [-0.25, -0.2) is 0 Å². The van der Waals surface area contributed by atoms with E-state index in [4.69, 9.17) is 4.52 Å². The number of hydrogen-bond donors (Lipinski definition) is 2. The largest absolute Gasteiger partial charge is 0.388 e. The predicted molar refractivity (Wildman–Crippen MR) is 91.1 cm³/mol. The lowest BCUT2D eigenvalue weighted by Crippen LogP contribution is -2.51. The Morgan fingerprint density at radius 3 is 3.12 bits per heavy atom. The molecule has 0 saturated carbocycles. The number of aliphatic hydroxyl groups is 1. The molecule has 1 amide bonds. The molecule has 1 atom stereocenters. The second-order valence-electron chi connectivity index (χ2n) is 6.71. The highest BCUT2D eigenvalue weighted by atomic mass is 16.5. The van der Waals surface area contributed by atoms with E-state index in [-0.39, 0.29) is 18.9 Å². The van der Waals surface area contributed by atoms with Gasteiger partial charge in [0, 0.05) is 18.1 Å². The van der Waals surface area contributed by atoms with Crippen LogP contribution in [-0.4, -0.2) is 49.7 Å². The van der Waals surface area contributed by atoms with E-state index in [1.807, 2.05) is 30.5 Å². The number of nitrogens with zero attached hydrogens (tertiary/aromatic N) is 3. The van der Waals surface area contributed by atoms with E-state index in [0.717, 1.165) is 17.3 Å². The Hall–Kier alpha value is -2.67. The van der Waals surface area contributed by atoms with Crippen LogP contribution in [0.2, 0.25) is 0 Å². The molecule has 1 aliphatic rings. The Morgan fingerprint density at radius 1 is 1.44 bits per heavy atom. The van der Waals surface area contributed by atoms with Crippen LogP contribution in [0, 0.1) is 6.92 Å². The first kappa shape index (κ1) is 15.8. The average molecular weight is 340 g/mol. The number of benzene rings is 1. The van der Waals surface area contributed by atoms with Crippen LogP contribution in [0.4, 0.5) is 0 Å². The third-order valence-corrected chi connectivity index (χ3v) is 4.71. The molecule has 1 fully saturated rings. The number of aromatic amines is 1. The maximum Gasteiger partial charge on any atom is 0.256 e. The topological polar surface area (TPSA) is 95.3 Å². The second kappa shape index (κ2) is 6.00. The van der Waals surface area contributed by atoms with E-state index in [9.17, 15) is 9.90 Å². The number of β-amino-alcohol motifs (C(OH)–C–C–N with tert-alkyl or cyclic N) is 1. The van der Waals surface area contributed by atoms with Crippen LogP contribution in [-0.2, 0) is 6.42 Å². The molecule has 3 heterocycles. The van der Waals surface area contributed by atoms with E-state index in [0.29, 0.717) is 30.2 Å². The number of carbonyl (C=O) groups excluding carboxylic acids is 1. The van der Waals surface area contributed by atoms with E-state index >= 15 is 0 Å². The fourth-order valence-corrected chi connectivity index (χ4v) is 3.56. The highest BCUT2D eigenvalue weighted by molar-refractivity contribution is 6.05. The minimum atomic E-state index is -1.05. The number of likely N-dealkylation sites (tertiary alicyclic amines) is 1. The van der Waals surface area contributed by atoms with Crippen molar-refractivity contribution in [2.45, 2.75) is 31.8 Å². The Morgan fingerprint density at radius 2 is 2.32 bits per heavy atom. The van der Waals surface area contributed by atoms with Gasteiger partial charge in [0.15, 0.2) is 5.82 Å². The van der Waals surface area contributed by atoms with Crippen LogP contribution in [0.15, 0.2) is 35.0 Å². The number of rotatable bonds is 3. The molecule has 4 rings (SSSR count). The van der Waals surface area contributed by atoms with Crippen molar-refractivity contribution in [3.63, 3.8) is 0 Å². The fraction of sp³-hybridized carbons (Fsp3) is 0.389. The van der Waals surface area contributed by atoms with Gasteiger partial charge in [0.2, 0.25) is 5.89 Å². The summed E-state index contributed by atoms with van der Waals surface area (Å²) in [5, 5.41) is 15.7. The molecule has 0 aliphatic carbocycles. The van der Waals surface area contributed by atoms with Crippen LogP contribution in [0.3, 0.4) is 0 Å². The number of amides is 1. The molecule has 0 bridgehead atoms. The van der Waals surface area contributed by atoms with Gasteiger partial charge < -0.3 is 19.5 Å². The van der Waals surface area contributed by atoms with Gasteiger partial charge >= 0.3 is 0 Å². The monoisotopic (exact) mass is 340 g/mol. The number of fused-ring (bicyclic) bond motifs is 1. The van der Waals surface area contributed by atoms with Gasteiger partial charge in [-0.1, -0.05) is 17.3 Å². The first-order valence-electron chi connectivity index (χ1n) is 8.41. The van der Waals surface area contributed by atoms with Gasteiger partial charge in [0.25, 0.3) is 5.91 Å². The molecule has 1 saturated heterocycles. The summed E-state index contributed by atoms with van der Waals surface area (Å²) in [6.07, 6.45) is 3.41. The standard InChI is InChI=1S/C18H20N4O3/c1-12-20-15(25-21-12)10-18(24)7-3-9-22(11-18)17(23)14-5-2-4-13-6-8-19-16(13)14/h2,4-6,8,19,24H,3,7,9-11H2,1H3. The lowest BCUT2D eigenvalue weighted by molar-refractivity contribution is -0.0286. The first-order chi connectivity index (χ1) is 12.0. The molecule has 1 aromatic carbocycles. The Bertz CT molecular complexity index is 916. The zero-order chi connectivity index (χ0) is 17.4. The van der Waals surface area contributed by atoms with E-state index in [1.54, 1.807) is 11.8 Å². The summed E-state index contributed by atoms with van der Waals surface area (Å²) >= 11 is 0. The molecule has 0 spiro atoms. The number of para-hydroxylation sites is 1. The molecule has 2 aromatic heterocycles. The van der Waals surface area contributed by atoms with Gasteiger partial charge in [-0.15, -0.1) is 0 Å². The molecule has 25 heavy (non-hydrogen) atoms. The van der Waals surface area contributed by atoms with Crippen molar-refractivity contribution in [1.29, 1.82) is 0 Å². The summed E-state index contributed by atoms with van der Waals surface area (Å²) in [6.45, 7) is 2.62. The molecule has 1 unspecified atom stereocenters. The molecule has 3 aromatic rings. The normalized spacial score (nSPS) is 21.0. The molecule has 2 N–H and O–H groups in total. The Balaban J connectivity index is 1.56. The van der Waals surface area contributed by atoms with Crippen molar-refractivity contribution >= 4 is 16.8 Å². The first-order valence-corrected chi connectivity index (χ1v) is 8.41. The molecule has 7 heteroatoms. The molecule has 130 valence electrons. The summed E-state index contributed by atoms with van der Waals surface area (Å²) in [7, 11) is 0. The summed E-state index contributed by atoms with van der Waals surface area (Å²) in [4.78, 5) is 22.0. The Kier molecular flexibility index (Phi) is 3.80. The zero-order valence-electron chi connectivity index (χ0n) is 14.0. The van der Waals surface area contributed by atoms with Crippen LogP contribution < -0.4 is 0 Å². The highest BCUT2D eigenvalue weighted by Crippen LogP contribution is 2.27. The Labute approximate surface area is 144 Å². The fourth-order valence-electron chi connectivity index (χ4n) is 3.56. The number of piperidine rings is 1. The van der Waals surface area contributed by atoms with Crippen LogP contribution in [0.1, 0.15) is 34.9 Å². The van der Waals surface area contributed by atoms with Crippen molar-refractivity contribution < 1.29 is 14.4 Å². The lowest BCUT2D eigenvalue weighted by Gasteiger charge is -2.38. The van der Waals surface area contributed by atoms with E-state index in [2.05, 4.69) is 15.1 Å². The minimum absolute atomic E-state index is 0.0760. The summed E-state index contributed by atoms with van der Waals surface area (Å²) in [5.74, 6) is 0.870. The highest BCUT2D eigenvalue weighted by Gasteiger charge is 2.37. The number of aromatic nitrogens is 3. The van der Waals surface area contributed by atoms with Gasteiger partial charge in [-0.2, -0.15) is 4.98 Å². The third kappa shape index (κ3) is 3.02. The van der Waals surface area contributed by atoms with Crippen molar-refractivity contribution in [3.05, 3.63) is 47.7 Å². The minimum Gasteiger partial charge on any atom is -0.388 e. The quantitative estimate of drug-likeness (QED) is 0.761. The maximum atomic E-state index is 13.0. The molecule has 0 radical (unpaired) electrons. The van der Waals surface area contributed by atoms with Gasteiger partial charge in [0.1, 0.15) is 0 Å². The van der Waals surface area contributed by atoms with Crippen LogP contribution in [0.25, 0.3) is 10.9 Å². The van der Waals surface area contributed by atoms with Crippen molar-refractivity contribution in [1.82, 2.24) is 20.0 Å². The maximum absolute atomic E-state index is 13.0. The zero-order valence-corrected chi connectivity index (χ0v) is 14.0. The van der Waals surface area contributed by atoms with Gasteiger partial charge in [0.05, 0.1) is 29.6 Å². The lowest BCUT2D eigenvalue weighted by atomic mass is 9.89. The number of aryl methyl sites for hydroxylation is 1. The van der Waals surface area contributed by atoms with E-state index in [1.165, 1.54) is 0 Å². The smallest absolute Gasteiger partial charge is 0.256 e. The van der Waals surface area contributed by atoms with Crippen molar-refractivity contribution in [3.8, 4) is 0 Å². The number of carbonyl (C=O) groups is 1. The predicted octanol–water partition coefficient (Wildman–Crippen LogP) is 2.07. The van der Waals surface area contributed by atoms with E-state index < -0.39 is 5.60 Å². The van der Waals surface area contributed by atoms with Crippen molar-refractivity contribution in [2.75, 3.05) is 13.1 Å². The molecular weight excluding hydrogens is 320 g/mol. The summed E-state index contributed by atoms with van der Waals surface area (Å²) in [6, 6.07) is 7.60. The number of hydrogen-bond acceptors (Lipinski definition) is 5. The van der Waals surface area contributed by atoms with Gasteiger partial charge in [-0.3, -0.25) is 4.79 Å². The summed E-state index contributed by atoms with van der Waals surface area (Å²) < 4.78 is 5.13. The molecule has 1 aliphatic heterocycles. The molecular formula is C18H20N4O3. The number of nitrogens with one attached hydrogen (secondary N) is 1. The number of H-pyrrole nitrogens is 1. The van der Waals surface area contributed by atoms with Crippen molar-refractivity contribution in [2.24, 2.45) is 0 Å². The van der Waals surface area contributed by atoms with Crippen LogP contribution in [0.5, 0.6) is 0 Å². The SMILES string of the molecule is Cc1noc(CC2(O)CCCN(C(=O)c3cccc4cc[nH]c34)C2)n1. The third-order valence-electron chi connectivity index (χ3n) is 4.71. The van der Waals surface area contributed by atoms with Crippen LogP contribution >= 0.6 is 0 Å². The molecule has 7 nitrogen and oxygen atoms in total. The van der Waals surface area contributed by atoms with Gasteiger partial charge in [-0.05, 0) is 31.9 Å². The second-order valence-corrected chi connectivity index (χ2v) is 6.71. The summed E-state index contributed by atoms with van der Waals surface area (Å²) in [5.41, 5.74) is 0.408. The average Bonchev–Trinajstić information content (AvgIpc) is 3.22.